The Morgan fingerprint density at radius 3 is 1.87 bits per heavy atom. The largest absolute Gasteiger partial charge is 0.416 e. The number of rotatable bonds is 9. The van der Waals surface area contributed by atoms with Gasteiger partial charge >= 0.3 is 0 Å². The molecule has 1 aromatic rings. The molecule has 0 bridgehead atoms. The molecule has 130 valence electrons. The van der Waals surface area contributed by atoms with Crippen LogP contribution in [0, 0.1) is 0 Å². The van der Waals surface area contributed by atoms with E-state index in [1.807, 2.05) is 0 Å². The van der Waals surface area contributed by atoms with Crippen molar-refractivity contribution in [2.24, 2.45) is 0 Å². The molecule has 0 saturated heterocycles. The van der Waals surface area contributed by atoms with E-state index in [0.29, 0.717) is 22.5 Å². The van der Waals surface area contributed by atoms with Crippen molar-refractivity contribution in [3.8, 4) is 0 Å². The highest BCUT2D eigenvalue weighted by Gasteiger charge is 2.44. The van der Waals surface area contributed by atoms with E-state index >= 15 is 0 Å². The summed E-state index contributed by atoms with van der Waals surface area (Å²) in [6.07, 6.45) is 5.61. The van der Waals surface area contributed by atoms with Crippen LogP contribution in [0.5, 0.6) is 0 Å². The predicted octanol–water partition coefficient (Wildman–Crippen LogP) is 6.93. The Bertz CT molecular complexity index is 440. The van der Waals surface area contributed by atoms with Crippen LogP contribution >= 0.6 is 0 Å². The molecule has 0 radical (unpaired) electrons. The van der Waals surface area contributed by atoms with E-state index in [1.165, 1.54) is 5.56 Å². The lowest BCUT2D eigenvalue weighted by molar-refractivity contribution is 0.283. The molecule has 0 aliphatic heterocycles. The van der Waals surface area contributed by atoms with Gasteiger partial charge in [-0.1, -0.05) is 91.0 Å². The normalized spacial score (nSPS) is 14.3. The van der Waals surface area contributed by atoms with E-state index in [4.69, 9.17) is 4.43 Å². The lowest BCUT2D eigenvalue weighted by Gasteiger charge is -2.42. The topological polar surface area (TPSA) is 9.23 Å². The van der Waals surface area contributed by atoms with E-state index in [0.717, 1.165) is 13.0 Å². The smallest absolute Gasteiger partial charge is 0.200 e. The van der Waals surface area contributed by atoms with Gasteiger partial charge in [-0.15, -0.1) is 0 Å². The van der Waals surface area contributed by atoms with Gasteiger partial charge in [-0.25, -0.2) is 0 Å². The fourth-order valence-electron chi connectivity index (χ4n) is 3.97. The number of allylic oxidation sites excluding steroid dienone is 1. The average molecular weight is 333 g/mol. The maximum absolute atomic E-state index is 6.59. The SMILES string of the molecule is CC(C)[Si](OCC/C=C/[C@H](C)c1ccccc1)(C(C)C)C(C)C. The van der Waals surface area contributed by atoms with E-state index in [1.54, 1.807) is 0 Å². The van der Waals surface area contributed by atoms with Gasteiger partial charge in [-0.3, -0.25) is 0 Å². The highest BCUT2D eigenvalue weighted by molar-refractivity contribution is 6.77. The van der Waals surface area contributed by atoms with E-state index in [9.17, 15) is 0 Å². The Balaban J connectivity index is 2.56. The summed E-state index contributed by atoms with van der Waals surface area (Å²) in [6, 6.07) is 10.7. The molecule has 0 N–H and O–H groups in total. The van der Waals surface area contributed by atoms with Crippen molar-refractivity contribution in [1.82, 2.24) is 0 Å². The molecule has 0 amide bonds. The zero-order valence-electron chi connectivity index (χ0n) is 16.2. The Labute approximate surface area is 145 Å². The fraction of sp³-hybridized carbons (Fsp3) is 0.619. The van der Waals surface area contributed by atoms with Gasteiger partial charge in [0.25, 0.3) is 0 Å². The van der Waals surface area contributed by atoms with Crippen molar-refractivity contribution in [3.63, 3.8) is 0 Å². The zero-order valence-corrected chi connectivity index (χ0v) is 17.2. The fourth-order valence-corrected chi connectivity index (χ4v) is 9.44. The van der Waals surface area contributed by atoms with Gasteiger partial charge in [0.05, 0.1) is 0 Å². The molecule has 0 saturated carbocycles. The molecular formula is C21H36OSi. The number of benzene rings is 1. The van der Waals surface area contributed by atoms with Crippen molar-refractivity contribution < 1.29 is 4.43 Å². The van der Waals surface area contributed by atoms with Crippen molar-refractivity contribution in [1.29, 1.82) is 0 Å². The second-order valence-electron chi connectivity index (χ2n) is 7.58. The van der Waals surface area contributed by atoms with Crippen molar-refractivity contribution in [3.05, 3.63) is 48.0 Å². The molecule has 1 rings (SSSR count). The maximum Gasteiger partial charge on any atom is 0.200 e. The molecule has 23 heavy (non-hydrogen) atoms. The van der Waals surface area contributed by atoms with Crippen LogP contribution in [0.4, 0.5) is 0 Å². The minimum absolute atomic E-state index is 0.471. The summed E-state index contributed by atoms with van der Waals surface area (Å²) in [7, 11) is -1.70. The molecule has 0 spiro atoms. The Morgan fingerprint density at radius 1 is 0.870 bits per heavy atom. The highest BCUT2D eigenvalue weighted by Crippen LogP contribution is 2.42. The van der Waals surface area contributed by atoms with E-state index in [-0.39, 0.29) is 0 Å². The minimum atomic E-state index is -1.70. The first-order chi connectivity index (χ1) is 10.8. The summed E-state index contributed by atoms with van der Waals surface area (Å²) in [5.74, 6) is 0.471. The Hall–Kier alpha value is -0.863. The maximum atomic E-state index is 6.59. The quantitative estimate of drug-likeness (QED) is 0.271. The van der Waals surface area contributed by atoms with Gasteiger partial charge in [0, 0.05) is 6.61 Å². The number of hydrogen-bond acceptors (Lipinski definition) is 1. The van der Waals surface area contributed by atoms with Crippen LogP contribution in [0.2, 0.25) is 16.6 Å². The molecule has 0 unspecified atom stereocenters. The molecule has 1 aromatic carbocycles. The third-order valence-electron chi connectivity index (χ3n) is 5.09. The first-order valence-corrected chi connectivity index (χ1v) is 11.3. The summed E-state index contributed by atoms with van der Waals surface area (Å²) in [4.78, 5) is 0. The molecule has 0 aliphatic rings. The van der Waals surface area contributed by atoms with Crippen molar-refractivity contribution in [2.45, 2.75) is 77.4 Å². The van der Waals surface area contributed by atoms with Crippen LogP contribution in [0.1, 0.15) is 66.4 Å². The van der Waals surface area contributed by atoms with Gasteiger partial charge in [0.15, 0.2) is 8.32 Å². The second kappa shape index (κ2) is 9.44. The van der Waals surface area contributed by atoms with Crippen LogP contribution in [0.25, 0.3) is 0 Å². The number of hydrogen-bond donors (Lipinski definition) is 0. The molecule has 1 nitrogen and oxygen atoms in total. The lowest BCUT2D eigenvalue weighted by atomic mass is 10.0. The van der Waals surface area contributed by atoms with Crippen LogP contribution in [0.15, 0.2) is 42.5 Å². The van der Waals surface area contributed by atoms with Gasteiger partial charge < -0.3 is 4.43 Å². The van der Waals surface area contributed by atoms with Crippen molar-refractivity contribution >= 4 is 8.32 Å². The average Bonchev–Trinajstić information content (AvgIpc) is 2.50. The lowest BCUT2D eigenvalue weighted by Crippen LogP contribution is -2.47. The first kappa shape index (κ1) is 20.2. The molecule has 0 heterocycles. The summed E-state index contributed by atoms with van der Waals surface area (Å²) in [5.41, 5.74) is 3.36. The van der Waals surface area contributed by atoms with Crippen LogP contribution in [0.3, 0.4) is 0 Å². The van der Waals surface area contributed by atoms with E-state index in [2.05, 4.69) is 91.0 Å². The summed E-state index contributed by atoms with van der Waals surface area (Å²) in [5, 5.41) is 0. The third kappa shape index (κ3) is 5.32. The van der Waals surface area contributed by atoms with Gasteiger partial charge in [-0.05, 0) is 34.5 Å². The van der Waals surface area contributed by atoms with Crippen molar-refractivity contribution in [2.75, 3.05) is 6.61 Å². The summed E-state index contributed by atoms with van der Waals surface area (Å²) < 4.78 is 6.59. The standard InChI is InChI=1S/C21H36OSi/c1-17(2)23(18(3)4,19(5)6)22-16-12-11-13-20(7)21-14-9-8-10-15-21/h8-11,13-15,17-20H,12,16H2,1-7H3/b13-11+/t20-/m0/s1. The van der Waals surface area contributed by atoms with Gasteiger partial charge in [0.2, 0.25) is 0 Å². The molecule has 0 fully saturated rings. The second-order valence-corrected chi connectivity index (χ2v) is 13.0. The van der Waals surface area contributed by atoms with Gasteiger partial charge in [0.1, 0.15) is 0 Å². The first-order valence-electron chi connectivity index (χ1n) is 9.17. The van der Waals surface area contributed by atoms with E-state index < -0.39 is 8.32 Å². The molecule has 1 atom stereocenters. The summed E-state index contributed by atoms with van der Waals surface area (Å²) >= 11 is 0. The molecule has 0 aromatic heterocycles. The Morgan fingerprint density at radius 2 is 1.39 bits per heavy atom. The van der Waals surface area contributed by atoms with Gasteiger partial charge in [-0.2, -0.15) is 0 Å². The highest BCUT2D eigenvalue weighted by atomic mass is 28.4. The molecule has 2 heteroatoms. The van der Waals surface area contributed by atoms with Crippen LogP contribution in [-0.2, 0) is 4.43 Å². The third-order valence-corrected chi connectivity index (χ3v) is 11.2. The predicted molar refractivity (Wildman–Crippen MR) is 106 cm³/mol. The monoisotopic (exact) mass is 332 g/mol. The van der Waals surface area contributed by atoms with Crippen LogP contribution in [-0.4, -0.2) is 14.9 Å². The minimum Gasteiger partial charge on any atom is -0.416 e. The molecular weight excluding hydrogens is 296 g/mol. The van der Waals surface area contributed by atoms with Crippen LogP contribution < -0.4 is 0 Å². The Kier molecular flexibility index (Phi) is 8.28. The molecule has 0 aliphatic carbocycles. The summed E-state index contributed by atoms with van der Waals surface area (Å²) in [6.45, 7) is 17.2. The zero-order chi connectivity index (χ0) is 17.5.